The average Bonchev–Trinajstić information content (AvgIpc) is 3.29. The summed E-state index contributed by atoms with van der Waals surface area (Å²) in [7, 11) is 0. The van der Waals surface area contributed by atoms with Crippen LogP contribution in [0.15, 0.2) is 48.5 Å². The maximum absolute atomic E-state index is 13.2. The molecule has 4 heteroatoms. The number of carbonyl (C=O) groups excluding carboxylic acids is 1. The summed E-state index contributed by atoms with van der Waals surface area (Å²) >= 11 is 0. The fourth-order valence-electron chi connectivity index (χ4n) is 2.47. The number of halogens is 2. The van der Waals surface area contributed by atoms with Gasteiger partial charge in [-0.15, -0.1) is 0 Å². The molecule has 1 aliphatic carbocycles. The molecule has 0 aliphatic heterocycles. The van der Waals surface area contributed by atoms with Crippen molar-refractivity contribution in [3.8, 4) is 0 Å². The van der Waals surface area contributed by atoms with Gasteiger partial charge in [-0.25, -0.2) is 8.78 Å². The molecule has 0 radical (unpaired) electrons. The maximum Gasteiger partial charge on any atom is 0.251 e. The molecule has 1 atom stereocenters. The van der Waals surface area contributed by atoms with Crippen molar-refractivity contribution < 1.29 is 13.6 Å². The molecule has 0 bridgehead atoms. The molecule has 0 aromatic heterocycles. The first-order chi connectivity index (χ1) is 10.1. The molecule has 2 aromatic rings. The van der Waals surface area contributed by atoms with Gasteiger partial charge >= 0.3 is 0 Å². The van der Waals surface area contributed by atoms with Gasteiger partial charge in [0.1, 0.15) is 11.6 Å². The molecule has 1 fully saturated rings. The number of carbonyl (C=O) groups is 1. The van der Waals surface area contributed by atoms with Crippen molar-refractivity contribution in [1.82, 2.24) is 5.32 Å². The van der Waals surface area contributed by atoms with E-state index in [0.717, 1.165) is 36.6 Å². The molecular formula is C17H15F2NO. The number of nitrogens with one attached hydrogen (secondary N) is 1. The lowest BCUT2D eigenvalue weighted by atomic mass is 10.0. The molecule has 1 amide bonds. The number of hydrogen-bond acceptors (Lipinski definition) is 1. The van der Waals surface area contributed by atoms with Crippen LogP contribution < -0.4 is 5.32 Å². The molecule has 1 aliphatic rings. The number of benzene rings is 2. The largest absolute Gasteiger partial charge is 0.345 e. The van der Waals surface area contributed by atoms with E-state index in [0.29, 0.717) is 5.92 Å². The molecule has 0 spiro atoms. The summed E-state index contributed by atoms with van der Waals surface area (Å²) in [5.41, 5.74) is 1.03. The van der Waals surface area contributed by atoms with E-state index < -0.39 is 17.5 Å². The van der Waals surface area contributed by atoms with E-state index >= 15 is 0 Å². The molecule has 2 aromatic carbocycles. The van der Waals surface area contributed by atoms with Crippen LogP contribution in [-0.2, 0) is 0 Å². The second-order valence-electron chi connectivity index (χ2n) is 5.36. The van der Waals surface area contributed by atoms with E-state index in [4.69, 9.17) is 0 Å². The number of hydrogen-bond donors (Lipinski definition) is 1. The van der Waals surface area contributed by atoms with Crippen molar-refractivity contribution >= 4 is 5.91 Å². The van der Waals surface area contributed by atoms with Gasteiger partial charge in [0.2, 0.25) is 0 Å². The SMILES string of the molecule is O=C(N[C@H](c1ccccc1)C1CC1)c1cc(F)cc(F)c1. The van der Waals surface area contributed by atoms with Crippen molar-refractivity contribution in [2.24, 2.45) is 5.92 Å². The summed E-state index contributed by atoms with van der Waals surface area (Å²) in [4.78, 5) is 12.2. The van der Waals surface area contributed by atoms with E-state index in [1.54, 1.807) is 0 Å². The smallest absolute Gasteiger partial charge is 0.251 e. The fraction of sp³-hybridized carbons (Fsp3) is 0.235. The Morgan fingerprint density at radius 2 is 1.67 bits per heavy atom. The van der Waals surface area contributed by atoms with Gasteiger partial charge in [0.15, 0.2) is 0 Å². The van der Waals surface area contributed by atoms with E-state index in [-0.39, 0.29) is 11.6 Å². The summed E-state index contributed by atoms with van der Waals surface area (Å²) in [6.07, 6.45) is 2.11. The number of rotatable bonds is 4. The standard InChI is InChI=1S/C17H15F2NO/c18-14-8-13(9-15(19)10-14)17(21)20-16(12-6-7-12)11-4-2-1-3-5-11/h1-5,8-10,12,16H,6-7H2,(H,20,21)/t16-/m1/s1. The minimum atomic E-state index is -0.747. The van der Waals surface area contributed by atoms with E-state index in [1.807, 2.05) is 30.3 Å². The lowest BCUT2D eigenvalue weighted by Crippen LogP contribution is -2.30. The Labute approximate surface area is 121 Å². The quantitative estimate of drug-likeness (QED) is 0.909. The maximum atomic E-state index is 13.2. The Kier molecular flexibility index (Phi) is 3.69. The van der Waals surface area contributed by atoms with E-state index in [9.17, 15) is 13.6 Å². The van der Waals surface area contributed by atoms with Crippen LogP contribution in [-0.4, -0.2) is 5.91 Å². The first-order valence-electron chi connectivity index (χ1n) is 6.95. The molecular weight excluding hydrogens is 272 g/mol. The molecule has 21 heavy (non-hydrogen) atoms. The van der Waals surface area contributed by atoms with Crippen LogP contribution in [0.25, 0.3) is 0 Å². The summed E-state index contributed by atoms with van der Waals surface area (Å²) in [6, 6.07) is 12.4. The lowest BCUT2D eigenvalue weighted by Gasteiger charge is -2.19. The van der Waals surface area contributed by atoms with Crippen molar-refractivity contribution in [3.05, 3.63) is 71.3 Å². The summed E-state index contributed by atoms with van der Waals surface area (Å²) in [5.74, 6) is -1.55. The second-order valence-corrected chi connectivity index (χ2v) is 5.36. The Bertz CT molecular complexity index is 633. The lowest BCUT2D eigenvalue weighted by molar-refractivity contribution is 0.0930. The third-order valence-corrected chi connectivity index (χ3v) is 3.66. The van der Waals surface area contributed by atoms with Crippen molar-refractivity contribution in [2.75, 3.05) is 0 Å². The Morgan fingerprint density at radius 3 is 2.24 bits per heavy atom. The van der Waals surface area contributed by atoms with Crippen LogP contribution in [0.3, 0.4) is 0 Å². The van der Waals surface area contributed by atoms with Crippen LogP contribution in [0, 0.1) is 17.6 Å². The molecule has 2 nitrogen and oxygen atoms in total. The Morgan fingerprint density at radius 1 is 1.05 bits per heavy atom. The first kappa shape index (κ1) is 13.7. The van der Waals surface area contributed by atoms with Gasteiger partial charge in [0, 0.05) is 11.6 Å². The first-order valence-corrected chi connectivity index (χ1v) is 6.95. The highest BCUT2D eigenvalue weighted by molar-refractivity contribution is 5.94. The zero-order valence-corrected chi connectivity index (χ0v) is 11.4. The second kappa shape index (κ2) is 5.64. The fourth-order valence-corrected chi connectivity index (χ4v) is 2.47. The topological polar surface area (TPSA) is 29.1 Å². The summed E-state index contributed by atoms with van der Waals surface area (Å²) in [6.45, 7) is 0. The van der Waals surface area contributed by atoms with Gasteiger partial charge in [-0.1, -0.05) is 30.3 Å². The van der Waals surface area contributed by atoms with Gasteiger partial charge < -0.3 is 5.32 Å². The molecule has 1 saturated carbocycles. The zero-order valence-electron chi connectivity index (χ0n) is 11.4. The minimum Gasteiger partial charge on any atom is -0.345 e. The van der Waals surface area contributed by atoms with Crippen molar-refractivity contribution in [3.63, 3.8) is 0 Å². The van der Waals surface area contributed by atoms with E-state index in [2.05, 4.69) is 5.32 Å². The predicted octanol–water partition coefficient (Wildman–Crippen LogP) is 3.85. The molecule has 1 N–H and O–H groups in total. The zero-order chi connectivity index (χ0) is 14.8. The minimum absolute atomic E-state index is 0.00841. The Hall–Kier alpha value is -2.23. The Balaban J connectivity index is 1.81. The van der Waals surface area contributed by atoms with Crippen LogP contribution in [0.1, 0.15) is 34.8 Å². The highest BCUT2D eigenvalue weighted by Gasteiger charge is 2.33. The highest BCUT2D eigenvalue weighted by Crippen LogP contribution is 2.41. The van der Waals surface area contributed by atoms with Crippen LogP contribution >= 0.6 is 0 Å². The van der Waals surface area contributed by atoms with E-state index in [1.165, 1.54) is 0 Å². The molecule has 3 rings (SSSR count). The average molecular weight is 287 g/mol. The van der Waals surface area contributed by atoms with Gasteiger partial charge in [-0.3, -0.25) is 4.79 Å². The molecule has 108 valence electrons. The van der Waals surface area contributed by atoms with Gasteiger partial charge in [-0.05, 0) is 36.5 Å². The van der Waals surface area contributed by atoms with Crippen molar-refractivity contribution in [1.29, 1.82) is 0 Å². The van der Waals surface area contributed by atoms with Crippen molar-refractivity contribution in [2.45, 2.75) is 18.9 Å². The molecule has 0 saturated heterocycles. The highest BCUT2D eigenvalue weighted by atomic mass is 19.1. The van der Waals surface area contributed by atoms with Gasteiger partial charge in [-0.2, -0.15) is 0 Å². The molecule has 0 heterocycles. The monoisotopic (exact) mass is 287 g/mol. The third kappa shape index (κ3) is 3.27. The molecule has 0 unspecified atom stereocenters. The predicted molar refractivity (Wildman–Crippen MR) is 75.7 cm³/mol. The van der Waals surface area contributed by atoms with Crippen LogP contribution in [0.5, 0.6) is 0 Å². The van der Waals surface area contributed by atoms with Gasteiger partial charge in [0.05, 0.1) is 6.04 Å². The summed E-state index contributed by atoms with van der Waals surface area (Å²) in [5, 5.41) is 2.89. The number of amides is 1. The third-order valence-electron chi connectivity index (χ3n) is 3.66. The van der Waals surface area contributed by atoms with Gasteiger partial charge in [0.25, 0.3) is 5.91 Å². The normalized spacial score (nSPS) is 15.5. The van der Waals surface area contributed by atoms with Crippen LogP contribution in [0.4, 0.5) is 8.78 Å². The summed E-state index contributed by atoms with van der Waals surface area (Å²) < 4.78 is 26.4. The van der Waals surface area contributed by atoms with Crippen LogP contribution in [0.2, 0.25) is 0 Å².